The Bertz CT molecular complexity index is 735. The van der Waals surface area contributed by atoms with Crippen molar-refractivity contribution in [2.75, 3.05) is 18.0 Å². The summed E-state index contributed by atoms with van der Waals surface area (Å²) in [6, 6.07) is 12.0. The molecule has 1 saturated heterocycles. The van der Waals surface area contributed by atoms with Gasteiger partial charge in [-0.15, -0.1) is 0 Å². The Morgan fingerprint density at radius 3 is 3.05 bits per heavy atom. The lowest BCUT2D eigenvalue weighted by atomic mass is 10.1. The minimum Gasteiger partial charge on any atom is -0.353 e. The molecule has 3 rings (SSSR count). The second-order valence-corrected chi connectivity index (χ2v) is 5.30. The van der Waals surface area contributed by atoms with Crippen molar-refractivity contribution in [3.8, 4) is 6.07 Å². The molecule has 0 radical (unpaired) electrons. The molecule has 1 aliphatic heterocycles. The van der Waals surface area contributed by atoms with Crippen molar-refractivity contribution in [2.24, 2.45) is 0 Å². The maximum atomic E-state index is 11.1. The van der Waals surface area contributed by atoms with Crippen molar-refractivity contribution in [1.29, 1.82) is 5.26 Å². The molecular weight excluding hydrogens is 264 g/mol. The van der Waals surface area contributed by atoms with Gasteiger partial charge in [-0.25, -0.2) is 4.98 Å². The van der Waals surface area contributed by atoms with Crippen molar-refractivity contribution >= 4 is 22.6 Å². The highest BCUT2D eigenvalue weighted by Gasteiger charge is 2.26. The number of nitriles is 1. The number of nitrogens with zero attached hydrogens (tertiary/aromatic N) is 3. The first-order valence-corrected chi connectivity index (χ1v) is 6.99. The van der Waals surface area contributed by atoms with Gasteiger partial charge in [0, 0.05) is 31.4 Å². The number of aromatic nitrogens is 1. The van der Waals surface area contributed by atoms with Gasteiger partial charge in [0.2, 0.25) is 5.91 Å². The van der Waals surface area contributed by atoms with E-state index in [1.165, 1.54) is 6.92 Å². The molecule has 1 unspecified atom stereocenters. The highest BCUT2D eigenvalue weighted by atomic mass is 16.1. The molecule has 106 valence electrons. The van der Waals surface area contributed by atoms with Crippen LogP contribution in [0.1, 0.15) is 18.9 Å². The molecule has 21 heavy (non-hydrogen) atoms. The number of rotatable bonds is 2. The number of carbonyl (C=O) groups is 1. The van der Waals surface area contributed by atoms with E-state index in [0.717, 1.165) is 23.9 Å². The number of fused-ring (bicyclic) bond motifs is 1. The summed E-state index contributed by atoms with van der Waals surface area (Å²) in [5.74, 6) is 0.692. The van der Waals surface area contributed by atoms with E-state index in [1.54, 1.807) is 0 Å². The second-order valence-electron chi connectivity index (χ2n) is 5.30. The molecule has 1 amide bonds. The fraction of sp³-hybridized carbons (Fsp3) is 0.312. The molecule has 0 spiro atoms. The average molecular weight is 280 g/mol. The van der Waals surface area contributed by atoms with Crippen LogP contribution in [0.25, 0.3) is 10.9 Å². The molecule has 1 aliphatic rings. The van der Waals surface area contributed by atoms with E-state index in [-0.39, 0.29) is 11.9 Å². The largest absolute Gasteiger partial charge is 0.353 e. The van der Waals surface area contributed by atoms with Crippen molar-refractivity contribution in [2.45, 2.75) is 19.4 Å². The van der Waals surface area contributed by atoms with Crippen LogP contribution in [0, 0.1) is 11.3 Å². The molecule has 1 aromatic carbocycles. The predicted molar refractivity (Wildman–Crippen MR) is 80.9 cm³/mol. The number of pyridine rings is 1. The molecule has 1 N–H and O–H groups in total. The van der Waals surface area contributed by atoms with Crippen LogP contribution < -0.4 is 10.2 Å². The van der Waals surface area contributed by atoms with Gasteiger partial charge in [0.1, 0.15) is 11.9 Å². The van der Waals surface area contributed by atoms with Gasteiger partial charge in [-0.1, -0.05) is 18.2 Å². The minimum absolute atomic E-state index is 0.0196. The van der Waals surface area contributed by atoms with Crippen LogP contribution in [-0.2, 0) is 4.79 Å². The van der Waals surface area contributed by atoms with Crippen molar-refractivity contribution < 1.29 is 4.79 Å². The van der Waals surface area contributed by atoms with Crippen LogP contribution in [0.5, 0.6) is 0 Å². The van der Waals surface area contributed by atoms with E-state index >= 15 is 0 Å². The summed E-state index contributed by atoms with van der Waals surface area (Å²) in [4.78, 5) is 17.9. The number of hydrogen-bond donors (Lipinski definition) is 1. The highest BCUT2D eigenvalue weighted by molar-refractivity contribution is 5.83. The molecule has 0 aliphatic carbocycles. The average Bonchev–Trinajstić information content (AvgIpc) is 2.93. The third-order valence-electron chi connectivity index (χ3n) is 3.72. The standard InChI is InChI=1S/C16H16N4O/c1-11(21)18-14-6-7-20(10-14)16-13(9-17)8-12-4-2-3-5-15(12)19-16/h2-5,8,14H,6-7,10H2,1H3,(H,18,21). The minimum atomic E-state index is -0.0196. The third-order valence-corrected chi connectivity index (χ3v) is 3.72. The lowest BCUT2D eigenvalue weighted by molar-refractivity contribution is -0.119. The van der Waals surface area contributed by atoms with Crippen LogP contribution in [0.2, 0.25) is 0 Å². The van der Waals surface area contributed by atoms with Gasteiger partial charge in [-0.3, -0.25) is 4.79 Å². The van der Waals surface area contributed by atoms with Gasteiger partial charge < -0.3 is 10.2 Å². The molecule has 1 aromatic heterocycles. The SMILES string of the molecule is CC(=O)NC1CCN(c2nc3ccccc3cc2C#N)C1. The number of carbonyl (C=O) groups excluding carboxylic acids is 1. The zero-order valence-corrected chi connectivity index (χ0v) is 11.8. The number of para-hydroxylation sites is 1. The molecule has 0 saturated carbocycles. The van der Waals surface area contributed by atoms with Gasteiger partial charge in [-0.05, 0) is 18.6 Å². The Morgan fingerprint density at radius 1 is 1.48 bits per heavy atom. The lowest BCUT2D eigenvalue weighted by Gasteiger charge is -2.19. The van der Waals surface area contributed by atoms with E-state index in [9.17, 15) is 10.1 Å². The number of nitrogens with one attached hydrogen (secondary N) is 1. The van der Waals surface area contributed by atoms with Crippen LogP contribution >= 0.6 is 0 Å². The van der Waals surface area contributed by atoms with E-state index in [2.05, 4.69) is 21.3 Å². The monoisotopic (exact) mass is 280 g/mol. The Hall–Kier alpha value is -2.61. The fourth-order valence-electron chi connectivity index (χ4n) is 2.79. The van der Waals surface area contributed by atoms with Crippen LogP contribution in [0.3, 0.4) is 0 Å². The summed E-state index contributed by atoms with van der Waals surface area (Å²) in [5.41, 5.74) is 1.46. The topological polar surface area (TPSA) is 69.0 Å². The quantitative estimate of drug-likeness (QED) is 0.911. The van der Waals surface area contributed by atoms with Crippen LogP contribution in [-0.4, -0.2) is 30.0 Å². The first-order chi connectivity index (χ1) is 10.2. The number of amides is 1. The highest BCUT2D eigenvalue weighted by Crippen LogP contribution is 2.26. The summed E-state index contributed by atoms with van der Waals surface area (Å²) in [7, 11) is 0. The molecule has 5 nitrogen and oxygen atoms in total. The summed E-state index contributed by atoms with van der Waals surface area (Å²) < 4.78 is 0. The van der Waals surface area contributed by atoms with Crippen LogP contribution in [0.4, 0.5) is 5.82 Å². The maximum absolute atomic E-state index is 11.1. The zero-order chi connectivity index (χ0) is 14.8. The Balaban J connectivity index is 1.93. The normalized spacial score (nSPS) is 17.7. The lowest BCUT2D eigenvalue weighted by Crippen LogP contribution is -2.35. The Kier molecular flexibility index (Phi) is 3.44. The van der Waals surface area contributed by atoms with Gasteiger partial charge >= 0.3 is 0 Å². The third kappa shape index (κ3) is 2.65. The van der Waals surface area contributed by atoms with Crippen LogP contribution in [0.15, 0.2) is 30.3 Å². The number of anilines is 1. The molecule has 1 fully saturated rings. The van der Waals surface area contributed by atoms with E-state index in [4.69, 9.17) is 0 Å². The molecule has 0 bridgehead atoms. The molecule has 5 heteroatoms. The van der Waals surface area contributed by atoms with E-state index in [0.29, 0.717) is 17.9 Å². The van der Waals surface area contributed by atoms with Gasteiger partial charge in [-0.2, -0.15) is 5.26 Å². The predicted octanol–water partition coefficient (Wildman–Crippen LogP) is 1.82. The van der Waals surface area contributed by atoms with Gasteiger partial charge in [0.15, 0.2) is 0 Å². The Morgan fingerprint density at radius 2 is 2.29 bits per heavy atom. The number of benzene rings is 1. The smallest absolute Gasteiger partial charge is 0.217 e. The summed E-state index contributed by atoms with van der Waals surface area (Å²) >= 11 is 0. The van der Waals surface area contributed by atoms with E-state index < -0.39 is 0 Å². The zero-order valence-electron chi connectivity index (χ0n) is 11.8. The second kappa shape index (κ2) is 5.41. The summed E-state index contributed by atoms with van der Waals surface area (Å²) in [5, 5.41) is 13.3. The molecule has 1 atom stereocenters. The summed E-state index contributed by atoms with van der Waals surface area (Å²) in [6.45, 7) is 3.02. The van der Waals surface area contributed by atoms with E-state index in [1.807, 2.05) is 30.3 Å². The first kappa shape index (κ1) is 13.4. The van der Waals surface area contributed by atoms with Gasteiger partial charge in [0.05, 0.1) is 11.1 Å². The first-order valence-electron chi connectivity index (χ1n) is 6.99. The summed E-state index contributed by atoms with van der Waals surface area (Å²) in [6.07, 6.45) is 0.874. The molecule has 2 heterocycles. The maximum Gasteiger partial charge on any atom is 0.217 e. The number of hydrogen-bond acceptors (Lipinski definition) is 4. The van der Waals surface area contributed by atoms with Crippen molar-refractivity contribution in [3.63, 3.8) is 0 Å². The molecule has 2 aromatic rings. The Labute approximate surface area is 123 Å². The fourth-order valence-corrected chi connectivity index (χ4v) is 2.79. The van der Waals surface area contributed by atoms with Crippen molar-refractivity contribution in [3.05, 3.63) is 35.9 Å². The molecular formula is C16H16N4O. The van der Waals surface area contributed by atoms with Crippen molar-refractivity contribution in [1.82, 2.24) is 10.3 Å². The van der Waals surface area contributed by atoms with Gasteiger partial charge in [0.25, 0.3) is 0 Å².